The highest BCUT2D eigenvalue weighted by atomic mass is 35.5. The largest absolute Gasteiger partial charge is 0.449 e. The molecule has 0 bridgehead atoms. The Kier molecular flexibility index (Phi) is 8.55. The van der Waals surface area contributed by atoms with Gasteiger partial charge in [-0.1, -0.05) is 59.6 Å². The van der Waals surface area contributed by atoms with Crippen molar-refractivity contribution < 1.29 is 22.7 Å². The van der Waals surface area contributed by atoms with Crippen LogP contribution in [0.1, 0.15) is 39.5 Å². The SMILES string of the molecule is Cc1cc(C)c(NC(=O)C(C)OC(=O)c2cc(S(=O)(=O)N(C)Cc3ccccc3)ccc2Cl)c(C)c1. The lowest BCUT2D eigenvalue weighted by Crippen LogP contribution is -2.31. The van der Waals surface area contributed by atoms with E-state index in [0.717, 1.165) is 22.3 Å². The number of esters is 1. The van der Waals surface area contributed by atoms with Gasteiger partial charge in [-0.3, -0.25) is 4.79 Å². The molecule has 0 aliphatic heterocycles. The Bertz CT molecular complexity index is 1370. The first-order valence-electron chi connectivity index (χ1n) is 11.3. The van der Waals surface area contributed by atoms with E-state index in [9.17, 15) is 18.0 Å². The summed E-state index contributed by atoms with van der Waals surface area (Å²) >= 11 is 6.19. The quantitative estimate of drug-likeness (QED) is 0.402. The van der Waals surface area contributed by atoms with Crippen molar-refractivity contribution in [2.75, 3.05) is 12.4 Å². The van der Waals surface area contributed by atoms with Crippen LogP contribution in [0.4, 0.5) is 5.69 Å². The van der Waals surface area contributed by atoms with Gasteiger partial charge in [0.05, 0.1) is 15.5 Å². The topological polar surface area (TPSA) is 92.8 Å². The van der Waals surface area contributed by atoms with Crippen molar-refractivity contribution in [3.8, 4) is 0 Å². The van der Waals surface area contributed by atoms with Crippen LogP contribution in [0.2, 0.25) is 5.02 Å². The number of hydrogen-bond donors (Lipinski definition) is 1. The van der Waals surface area contributed by atoms with Gasteiger partial charge in [0.2, 0.25) is 10.0 Å². The first-order valence-corrected chi connectivity index (χ1v) is 13.1. The van der Waals surface area contributed by atoms with Crippen LogP contribution in [0.25, 0.3) is 0 Å². The molecule has 7 nitrogen and oxygen atoms in total. The summed E-state index contributed by atoms with van der Waals surface area (Å²) in [7, 11) is -2.47. The zero-order chi connectivity index (χ0) is 26.6. The van der Waals surface area contributed by atoms with E-state index in [0.29, 0.717) is 5.69 Å². The highest BCUT2D eigenvalue weighted by molar-refractivity contribution is 7.89. The number of carbonyl (C=O) groups is 2. The first kappa shape index (κ1) is 27.4. The van der Waals surface area contributed by atoms with Crippen molar-refractivity contribution in [1.29, 1.82) is 0 Å². The number of sulfonamides is 1. The average Bonchev–Trinajstić information content (AvgIpc) is 2.81. The molecule has 0 aromatic heterocycles. The van der Waals surface area contributed by atoms with Crippen LogP contribution < -0.4 is 5.32 Å². The molecule has 3 aromatic carbocycles. The Labute approximate surface area is 217 Å². The number of rotatable bonds is 8. The molecule has 0 heterocycles. The van der Waals surface area contributed by atoms with E-state index < -0.39 is 28.0 Å². The fourth-order valence-corrected chi connectivity index (χ4v) is 5.19. The van der Waals surface area contributed by atoms with Crippen LogP contribution in [0.5, 0.6) is 0 Å². The van der Waals surface area contributed by atoms with Crippen LogP contribution in [0.3, 0.4) is 0 Å². The predicted molar refractivity (Wildman–Crippen MR) is 141 cm³/mol. The summed E-state index contributed by atoms with van der Waals surface area (Å²) in [6, 6.07) is 16.8. The molecule has 0 fully saturated rings. The van der Waals surface area contributed by atoms with Crippen molar-refractivity contribution in [1.82, 2.24) is 4.31 Å². The molecular formula is C27H29ClN2O5S. The second-order valence-corrected chi connectivity index (χ2v) is 11.2. The summed E-state index contributed by atoms with van der Waals surface area (Å²) in [6.07, 6.45) is -1.14. The third-order valence-corrected chi connectivity index (χ3v) is 7.82. The van der Waals surface area contributed by atoms with Gasteiger partial charge in [0.1, 0.15) is 0 Å². The minimum Gasteiger partial charge on any atom is -0.449 e. The van der Waals surface area contributed by atoms with E-state index in [-0.39, 0.29) is 22.0 Å². The number of halogens is 1. The lowest BCUT2D eigenvalue weighted by molar-refractivity contribution is -0.123. The Balaban J connectivity index is 1.76. The van der Waals surface area contributed by atoms with Gasteiger partial charge in [0.25, 0.3) is 5.91 Å². The first-order chi connectivity index (χ1) is 16.9. The molecule has 0 aliphatic rings. The highest BCUT2D eigenvalue weighted by Gasteiger charge is 2.26. The maximum atomic E-state index is 13.1. The Morgan fingerprint density at radius 1 is 1.00 bits per heavy atom. The molecule has 1 amide bonds. The number of amides is 1. The standard InChI is InChI=1S/C27H29ClN2O5S/c1-17-13-18(2)25(19(3)14-17)29-26(31)20(4)35-27(32)23-15-22(11-12-24(23)28)36(33,34)30(5)16-21-9-7-6-8-10-21/h6-15,20H,16H2,1-5H3,(H,29,31). The molecule has 0 saturated carbocycles. The Hall–Kier alpha value is -3.20. The van der Waals surface area contributed by atoms with Gasteiger partial charge in [-0.15, -0.1) is 0 Å². The van der Waals surface area contributed by atoms with E-state index >= 15 is 0 Å². The lowest BCUT2D eigenvalue weighted by atomic mass is 10.0. The van der Waals surface area contributed by atoms with E-state index in [1.165, 1.54) is 36.5 Å². The molecule has 9 heteroatoms. The molecule has 0 radical (unpaired) electrons. The molecule has 0 saturated heterocycles. The second kappa shape index (κ2) is 11.2. The smallest absolute Gasteiger partial charge is 0.340 e. The summed E-state index contributed by atoms with van der Waals surface area (Å²) in [6.45, 7) is 7.32. The van der Waals surface area contributed by atoms with Gasteiger partial charge in [-0.05, 0) is 62.6 Å². The molecule has 0 aliphatic carbocycles. The number of ether oxygens (including phenoxy) is 1. The molecule has 1 N–H and O–H groups in total. The second-order valence-electron chi connectivity index (χ2n) is 8.70. The van der Waals surface area contributed by atoms with E-state index in [2.05, 4.69) is 5.32 Å². The van der Waals surface area contributed by atoms with Gasteiger partial charge in [0.15, 0.2) is 6.10 Å². The maximum absolute atomic E-state index is 13.1. The number of nitrogens with one attached hydrogen (secondary N) is 1. The maximum Gasteiger partial charge on any atom is 0.340 e. The van der Waals surface area contributed by atoms with E-state index in [1.807, 2.05) is 63.2 Å². The molecule has 3 rings (SSSR count). The number of hydrogen-bond acceptors (Lipinski definition) is 5. The summed E-state index contributed by atoms with van der Waals surface area (Å²) in [5, 5.41) is 2.82. The fraction of sp³-hybridized carbons (Fsp3) is 0.259. The molecule has 36 heavy (non-hydrogen) atoms. The summed E-state index contributed by atoms with van der Waals surface area (Å²) in [4.78, 5) is 25.5. The predicted octanol–water partition coefficient (Wildman–Crippen LogP) is 5.27. The van der Waals surface area contributed by atoms with Crippen LogP contribution in [0, 0.1) is 20.8 Å². The summed E-state index contributed by atoms with van der Waals surface area (Å²) in [5.74, 6) is -1.41. The minimum absolute atomic E-state index is 0.0162. The van der Waals surface area contributed by atoms with E-state index in [1.54, 1.807) is 0 Å². The number of benzene rings is 3. The van der Waals surface area contributed by atoms with Gasteiger partial charge in [0, 0.05) is 19.3 Å². The minimum atomic E-state index is -3.92. The highest BCUT2D eigenvalue weighted by Crippen LogP contribution is 2.25. The number of aryl methyl sites for hydroxylation is 3. The Morgan fingerprint density at radius 3 is 2.22 bits per heavy atom. The number of anilines is 1. The Morgan fingerprint density at radius 2 is 1.61 bits per heavy atom. The van der Waals surface area contributed by atoms with Crippen LogP contribution in [-0.2, 0) is 26.1 Å². The zero-order valence-corrected chi connectivity index (χ0v) is 22.4. The molecule has 0 spiro atoms. The van der Waals surface area contributed by atoms with Crippen molar-refractivity contribution >= 4 is 39.2 Å². The normalized spacial score (nSPS) is 12.3. The third kappa shape index (κ3) is 6.32. The van der Waals surface area contributed by atoms with Crippen molar-refractivity contribution in [2.45, 2.75) is 45.2 Å². The molecule has 1 atom stereocenters. The molecule has 190 valence electrons. The van der Waals surface area contributed by atoms with Gasteiger partial charge in [-0.25, -0.2) is 13.2 Å². The van der Waals surface area contributed by atoms with Gasteiger partial charge < -0.3 is 10.1 Å². The van der Waals surface area contributed by atoms with Crippen molar-refractivity contribution in [2.24, 2.45) is 0 Å². The van der Waals surface area contributed by atoms with Crippen molar-refractivity contribution in [3.05, 3.63) is 93.5 Å². The monoisotopic (exact) mass is 528 g/mol. The van der Waals surface area contributed by atoms with E-state index in [4.69, 9.17) is 16.3 Å². The lowest BCUT2D eigenvalue weighted by Gasteiger charge is -2.19. The van der Waals surface area contributed by atoms with Crippen LogP contribution >= 0.6 is 11.6 Å². The fourth-order valence-electron chi connectivity index (χ4n) is 3.81. The number of carbonyl (C=O) groups excluding carboxylic acids is 2. The summed E-state index contributed by atoms with van der Waals surface area (Å²) < 4.78 is 32.7. The molecule has 1 unspecified atom stereocenters. The number of nitrogens with zero attached hydrogens (tertiary/aromatic N) is 1. The van der Waals surface area contributed by atoms with Crippen LogP contribution in [0.15, 0.2) is 65.6 Å². The van der Waals surface area contributed by atoms with Gasteiger partial charge >= 0.3 is 5.97 Å². The molecular weight excluding hydrogens is 500 g/mol. The zero-order valence-electron chi connectivity index (χ0n) is 20.8. The van der Waals surface area contributed by atoms with Crippen LogP contribution in [-0.4, -0.2) is 37.8 Å². The van der Waals surface area contributed by atoms with Gasteiger partial charge in [-0.2, -0.15) is 4.31 Å². The third-order valence-electron chi connectivity index (χ3n) is 5.69. The summed E-state index contributed by atoms with van der Waals surface area (Å²) in [5.41, 5.74) is 4.17. The molecule has 3 aromatic rings. The average molecular weight is 529 g/mol. The van der Waals surface area contributed by atoms with Crippen molar-refractivity contribution in [3.63, 3.8) is 0 Å².